The Morgan fingerprint density at radius 2 is 1.96 bits per heavy atom. The molecule has 6 nitrogen and oxygen atoms in total. The molecular weight excluding hydrogens is 342 g/mol. The number of pyridine rings is 1. The third-order valence-corrected chi connectivity index (χ3v) is 5.73. The van der Waals surface area contributed by atoms with Crippen LogP contribution in [0.4, 0.5) is 10.9 Å². The second-order valence-corrected chi connectivity index (χ2v) is 7.81. The first-order valence-electron chi connectivity index (χ1n) is 7.42. The van der Waals surface area contributed by atoms with Gasteiger partial charge in [-0.1, -0.05) is 17.4 Å². The van der Waals surface area contributed by atoms with Crippen LogP contribution in [0.5, 0.6) is 0 Å². The van der Waals surface area contributed by atoms with E-state index < -0.39 is 0 Å². The minimum Gasteiger partial charge on any atom is -0.363 e. The Labute approximate surface area is 148 Å². The summed E-state index contributed by atoms with van der Waals surface area (Å²) in [5.41, 5.74) is 0.973. The van der Waals surface area contributed by atoms with E-state index in [-0.39, 0.29) is 5.91 Å². The second kappa shape index (κ2) is 6.74. The summed E-state index contributed by atoms with van der Waals surface area (Å²) in [5, 5.41) is 3.89. The van der Waals surface area contributed by atoms with E-state index in [0.717, 1.165) is 26.0 Å². The van der Waals surface area contributed by atoms with Crippen molar-refractivity contribution < 1.29 is 4.79 Å². The van der Waals surface area contributed by atoms with Crippen LogP contribution in [-0.2, 0) is 6.54 Å². The van der Waals surface area contributed by atoms with Gasteiger partial charge in [0.25, 0.3) is 5.91 Å². The van der Waals surface area contributed by atoms with E-state index in [9.17, 15) is 4.79 Å². The number of fused-ring (bicyclic) bond motifs is 1. The average molecular weight is 361 g/mol. The van der Waals surface area contributed by atoms with Crippen molar-refractivity contribution >= 4 is 49.1 Å². The number of hydrogen-bond donors (Lipinski definition) is 1. The summed E-state index contributed by atoms with van der Waals surface area (Å²) < 4.78 is 1.05. The molecule has 1 amide bonds. The Kier molecular flexibility index (Phi) is 4.68. The van der Waals surface area contributed by atoms with Crippen molar-refractivity contribution in [2.45, 2.75) is 6.54 Å². The number of anilines is 2. The zero-order valence-electron chi connectivity index (χ0n) is 14.0. The van der Waals surface area contributed by atoms with Gasteiger partial charge < -0.3 is 15.1 Å². The number of nitrogens with one attached hydrogen (secondary N) is 1. The molecule has 126 valence electrons. The molecule has 8 heteroatoms. The van der Waals surface area contributed by atoms with Crippen LogP contribution in [0.1, 0.15) is 15.2 Å². The van der Waals surface area contributed by atoms with Crippen molar-refractivity contribution in [3.8, 4) is 0 Å². The lowest BCUT2D eigenvalue weighted by Crippen LogP contribution is -2.22. The number of nitrogens with zero attached hydrogens (tertiary/aromatic N) is 4. The molecular formula is C16H19N5OS2. The second-order valence-electron chi connectivity index (χ2n) is 5.77. The van der Waals surface area contributed by atoms with Crippen molar-refractivity contribution in [2.75, 3.05) is 38.0 Å². The van der Waals surface area contributed by atoms with Crippen molar-refractivity contribution in [1.82, 2.24) is 15.3 Å². The number of carbonyl (C=O) groups is 1. The van der Waals surface area contributed by atoms with Crippen molar-refractivity contribution in [2.24, 2.45) is 0 Å². The van der Waals surface area contributed by atoms with E-state index in [4.69, 9.17) is 0 Å². The van der Waals surface area contributed by atoms with Gasteiger partial charge in [-0.05, 0) is 17.7 Å². The molecule has 0 saturated heterocycles. The van der Waals surface area contributed by atoms with Gasteiger partial charge in [-0.15, -0.1) is 11.3 Å². The molecule has 0 atom stereocenters. The van der Waals surface area contributed by atoms with Crippen LogP contribution in [0.15, 0.2) is 24.4 Å². The number of thiazole rings is 1. The van der Waals surface area contributed by atoms with Crippen LogP contribution >= 0.6 is 22.7 Å². The van der Waals surface area contributed by atoms with E-state index in [1.165, 1.54) is 11.3 Å². The fourth-order valence-corrected chi connectivity index (χ4v) is 4.13. The highest BCUT2D eigenvalue weighted by Crippen LogP contribution is 2.33. The largest absolute Gasteiger partial charge is 0.363 e. The van der Waals surface area contributed by atoms with Crippen LogP contribution in [-0.4, -0.2) is 44.1 Å². The fraction of sp³-hybridized carbons (Fsp3) is 0.312. The highest BCUT2D eigenvalue weighted by atomic mass is 32.1. The highest BCUT2D eigenvalue weighted by Gasteiger charge is 2.14. The maximum atomic E-state index is 12.3. The summed E-state index contributed by atoms with van der Waals surface area (Å²) in [6.45, 7) is 0.460. The van der Waals surface area contributed by atoms with Gasteiger partial charge in [0.15, 0.2) is 5.13 Å². The van der Waals surface area contributed by atoms with E-state index in [1.54, 1.807) is 17.5 Å². The number of carbonyl (C=O) groups excluding carboxylic acids is 1. The van der Waals surface area contributed by atoms with Gasteiger partial charge in [-0.3, -0.25) is 4.79 Å². The summed E-state index contributed by atoms with van der Waals surface area (Å²) >= 11 is 3.02. The molecule has 3 heterocycles. The average Bonchev–Trinajstić information content (AvgIpc) is 3.11. The lowest BCUT2D eigenvalue weighted by atomic mass is 10.2. The molecule has 1 N–H and O–H groups in total. The minimum atomic E-state index is -0.0757. The van der Waals surface area contributed by atoms with Gasteiger partial charge in [0.05, 0.1) is 9.58 Å². The van der Waals surface area contributed by atoms with E-state index in [2.05, 4.69) is 15.3 Å². The lowest BCUT2D eigenvalue weighted by Gasteiger charge is -2.11. The van der Waals surface area contributed by atoms with Gasteiger partial charge in [0, 0.05) is 40.9 Å². The first-order valence-corrected chi connectivity index (χ1v) is 9.05. The monoisotopic (exact) mass is 361 g/mol. The van der Waals surface area contributed by atoms with Crippen LogP contribution in [0.25, 0.3) is 9.53 Å². The Morgan fingerprint density at radius 1 is 1.17 bits per heavy atom. The van der Waals surface area contributed by atoms with Crippen molar-refractivity contribution in [1.29, 1.82) is 0 Å². The van der Waals surface area contributed by atoms with Crippen LogP contribution < -0.4 is 15.1 Å². The standard InChI is InChI=1S/C16H19N5OS2/c1-20(2)13-6-5-10(8-17-13)9-18-14(22)11-7-12-15(23-11)19-16(24-12)21(3)4/h5-8H,9H2,1-4H3,(H,18,22). The molecule has 0 bridgehead atoms. The summed E-state index contributed by atoms with van der Waals surface area (Å²) in [7, 11) is 7.82. The molecule has 0 aliphatic carbocycles. The topological polar surface area (TPSA) is 61.4 Å². The van der Waals surface area contributed by atoms with Gasteiger partial charge in [-0.2, -0.15) is 0 Å². The third-order valence-electron chi connectivity index (χ3n) is 3.40. The van der Waals surface area contributed by atoms with Gasteiger partial charge in [-0.25, -0.2) is 9.97 Å². The molecule has 0 unspecified atom stereocenters. The molecule has 24 heavy (non-hydrogen) atoms. The van der Waals surface area contributed by atoms with Gasteiger partial charge >= 0.3 is 0 Å². The molecule has 0 aromatic carbocycles. The molecule has 0 aliphatic heterocycles. The molecule has 3 aromatic rings. The number of thiophene rings is 1. The number of hydrogen-bond acceptors (Lipinski definition) is 7. The summed E-state index contributed by atoms with van der Waals surface area (Å²) in [6.07, 6.45) is 1.79. The smallest absolute Gasteiger partial charge is 0.261 e. The van der Waals surface area contributed by atoms with E-state index >= 15 is 0 Å². The predicted octanol–water partition coefficient (Wildman–Crippen LogP) is 2.81. The number of rotatable bonds is 5. The first kappa shape index (κ1) is 16.7. The molecule has 0 spiro atoms. The number of aromatic nitrogens is 2. The lowest BCUT2D eigenvalue weighted by molar-refractivity contribution is 0.0955. The highest BCUT2D eigenvalue weighted by molar-refractivity contribution is 7.29. The summed E-state index contributed by atoms with van der Waals surface area (Å²) in [5.74, 6) is 0.819. The van der Waals surface area contributed by atoms with Crippen molar-refractivity contribution in [3.05, 3.63) is 34.8 Å². The molecule has 0 saturated carbocycles. The third kappa shape index (κ3) is 3.49. The van der Waals surface area contributed by atoms with Crippen LogP contribution in [0.2, 0.25) is 0 Å². The quantitative estimate of drug-likeness (QED) is 0.757. The Morgan fingerprint density at radius 3 is 2.54 bits per heavy atom. The minimum absolute atomic E-state index is 0.0757. The molecule has 3 rings (SSSR count). The maximum absolute atomic E-state index is 12.3. The Balaban J connectivity index is 1.65. The van der Waals surface area contributed by atoms with Crippen LogP contribution in [0, 0.1) is 0 Å². The van der Waals surface area contributed by atoms with Crippen LogP contribution in [0.3, 0.4) is 0 Å². The normalized spacial score (nSPS) is 10.8. The molecule has 0 fully saturated rings. The van der Waals surface area contributed by atoms with Gasteiger partial charge in [0.1, 0.15) is 10.6 Å². The predicted molar refractivity (Wildman–Crippen MR) is 102 cm³/mol. The van der Waals surface area contributed by atoms with E-state index in [0.29, 0.717) is 11.4 Å². The zero-order valence-corrected chi connectivity index (χ0v) is 15.7. The number of amides is 1. The fourth-order valence-electron chi connectivity index (χ4n) is 2.08. The Hall–Kier alpha value is -2.19. The first-order chi connectivity index (χ1) is 11.4. The van der Waals surface area contributed by atoms with Gasteiger partial charge in [0.2, 0.25) is 0 Å². The zero-order chi connectivity index (χ0) is 17.3. The Bertz CT molecular complexity index is 820. The molecule has 0 radical (unpaired) electrons. The summed E-state index contributed by atoms with van der Waals surface area (Å²) in [4.78, 5) is 26.7. The van der Waals surface area contributed by atoms with Crippen molar-refractivity contribution in [3.63, 3.8) is 0 Å². The molecule has 0 aliphatic rings. The summed E-state index contributed by atoms with van der Waals surface area (Å²) in [6, 6.07) is 5.82. The SMILES string of the molecule is CN(C)c1ccc(CNC(=O)c2cc3sc(N(C)C)nc3s2)cn1. The molecule has 3 aromatic heterocycles. The van der Waals surface area contributed by atoms with E-state index in [1.807, 2.05) is 56.2 Å². The maximum Gasteiger partial charge on any atom is 0.261 e.